The molecule has 0 saturated carbocycles. The lowest BCUT2D eigenvalue weighted by Crippen LogP contribution is -2.44. The van der Waals surface area contributed by atoms with E-state index in [-0.39, 0.29) is 0 Å². The molecule has 2 aliphatic heterocycles. The largest absolute Gasteiger partial charge is 0.381 e. The van der Waals surface area contributed by atoms with Gasteiger partial charge < -0.3 is 15.0 Å². The van der Waals surface area contributed by atoms with Crippen molar-refractivity contribution >= 4 is 5.96 Å². The van der Waals surface area contributed by atoms with Gasteiger partial charge in [-0.25, -0.2) is 0 Å². The van der Waals surface area contributed by atoms with Crippen LogP contribution in [-0.4, -0.2) is 74.3 Å². The number of nitrogens with zero attached hydrogens (tertiary/aromatic N) is 3. The molecule has 5 nitrogen and oxygen atoms in total. The highest BCUT2D eigenvalue weighted by molar-refractivity contribution is 5.80. The van der Waals surface area contributed by atoms with Crippen molar-refractivity contribution in [2.45, 2.75) is 46.1 Å². The number of likely N-dealkylation sites (N-methyl/N-ethyl adjacent to an activating group) is 1. The summed E-state index contributed by atoms with van der Waals surface area (Å²) in [7, 11) is 0. The molecule has 2 atom stereocenters. The minimum atomic E-state index is 0.360. The number of likely N-dealkylation sites (tertiary alicyclic amines) is 1. The number of guanidine groups is 1. The minimum absolute atomic E-state index is 0.360. The first-order valence-electron chi connectivity index (χ1n) is 11.1. The van der Waals surface area contributed by atoms with Crippen LogP contribution in [0, 0.1) is 5.41 Å². The summed E-state index contributed by atoms with van der Waals surface area (Å²) >= 11 is 0. The van der Waals surface area contributed by atoms with Gasteiger partial charge in [0.15, 0.2) is 5.96 Å². The van der Waals surface area contributed by atoms with E-state index in [4.69, 9.17) is 9.73 Å². The molecule has 5 heteroatoms. The highest BCUT2D eigenvalue weighted by Gasteiger charge is 2.42. The van der Waals surface area contributed by atoms with Gasteiger partial charge in [-0.3, -0.25) is 9.89 Å². The summed E-state index contributed by atoms with van der Waals surface area (Å²) in [5, 5.41) is 3.54. The maximum absolute atomic E-state index is 5.70. The van der Waals surface area contributed by atoms with Crippen molar-refractivity contribution in [1.82, 2.24) is 15.1 Å². The van der Waals surface area contributed by atoms with Crippen molar-refractivity contribution in [2.75, 3.05) is 52.5 Å². The van der Waals surface area contributed by atoms with Crippen molar-refractivity contribution in [2.24, 2.45) is 10.4 Å². The van der Waals surface area contributed by atoms with Crippen molar-refractivity contribution in [3.63, 3.8) is 0 Å². The number of rotatable bonds is 8. The molecule has 1 aromatic carbocycles. The Morgan fingerprint density at radius 2 is 2.00 bits per heavy atom. The van der Waals surface area contributed by atoms with Crippen LogP contribution in [0.1, 0.15) is 39.2 Å². The molecule has 1 spiro atoms. The van der Waals surface area contributed by atoms with E-state index < -0.39 is 0 Å². The molecule has 0 radical (unpaired) electrons. The zero-order valence-electron chi connectivity index (χ0n) is 18.0. The van der Waals surface area contributed by atoms with E-state index in [9.17, 15) is 0 Å². The van der Waals surface area contributed by atoms with Gasteiger partial charge >= 0.3 is 0 Å². The third kappa shape index (κ3) is 5.26. The zero-order valence-corrected chi connectivity index (χ0v) is 18.0. The number of nitrogens with one attached hydrogen (secondary N) is 1. The number of benzene rings is 1. The summed E-state index contributed by atoms with van der Waals surface area (Å²) in [6.45, 7) is 14.5. The molecule has 2 saturated heterocycles. The number of hydrogen-bond donors (Lipinski definition) is 1. The van der Waals surface area contributed by atoms with Gasteiger partial charge in [-0.1, -0.05) is 44.2 Å². The Kier molecular flexibility index (Phi) is 7.74. The van der Waals surface area contributed by atoms with Crippen LogP contribution >= 0.6 is 0 Å². The summed E-state index contributed by atoms with van der Waals surface area (Å²) in [5.74, 6) is 1.08. The molecule has 0 aromatic heterocycles. The van der Waals surface area contributed by atoms with E-state index in [0.717, 1.165) is 64.9 Å². The second kappa shape index (κ2) is 10.3. The first-order valence-corrected chi connectivity index (χ1v) is 11.1. The Bertz CT molecular complexity index is 608. The second-order valence-corrected chi connectivity index (χ2v) is 8.23. The van der Waals surface area contributed by atoms with E-state index in [1.807, 2.05) is 0 Å². The van der Waals surface area contributed by atoms with Gasteiger partial charge in [-0.15, -0.1) is 0 Å². The van der Waals surface area contributed by atoms with Crippen LogP contribution in [0.3, 0.4) is 0 Å². The molecule has 1 N–H and O–H groups in total. The van der Waals surface area contributed by atoms with Gasteiger partial charge in [-0.2, -0.15) is 0 Å². The maximum Gasteiger partial charge on any atom is 0.193 e. The van der Waals surface area contributed by atoms with Crippen LogP contribution in [-0.2, 0) is 11.2 Å². The highest BCUT2D eigenvalue weighted by Crippen LogP contribution is 2.38. The summed E-state index contributed by atoms with van der Waals surface area (Å²) in [4.78, 5) is 10.1. The van der Waals surface area contributed by atoms with Crippen LogP contribution in [0.15, 0.2) is 35.3 Å². The number of ether oxygens (including phenoxy) is 1. The van der Waals surface area contributed by atoms with E-state index in [0.29, 0.717) is 11.5 Å². The molecule has 0 amide bonds. The molecule has 2 heterocycles. The average molecular weight is 387 g/mol. The predicted octanol–water partition coefficient (Wildman–Crippen LogP) is 3.02. The molecule has 0 bridgehead atoms. The minimum Gasteiger partial charge on any atom is -0.381 e. The molecular weight excluding hydrogens is 348 g/mol. The topological polar surface area (TPSA) is 40.1 Å². The molecule has 3 rings (SSSR count). The van der Waals surface area contributed by atoms with E-state index in [2.05, 4.69) is 66.2 Å². The monoisotopic (exact) mass is 386 g/mol. The number of aliphatic imine (C=N–C) groups is 1. The Hall–Kier alpha value is -1.59. The fourth-order valence-electron chi connectivity index (χ4n) is 4.64. The van der Waals surface area contributed by atoms with Crippen LogP contribution in [0.4, 0.5) is 0 Å². The fraction of sp³-hybridized carbons (Fsp3) is 0.696. The standard InChI is InChI=1S/C23H38N4O/c1-4-24-22(27-14-12-23(18-27)13-15-28-19-23)25-17-21(26(5-2)6-3)16-20-10-8-7-9-11-20/h7-11,21H,4-6,12-19H2,1-3H3,(H,24,25). The molecule has 2 aliphatic rings. The van der Waals surface area contributed by atoms with Crippen molar-refractivity contribution < 1.29 is 4.74 Å². The van der Waals surface area contributed by atoms with Crippen LogP contribution in [0.2, 0.25) is 0 Å². The van der Waals surface area contributed by atoms with Gasteiger partial charge in [0.2, 0.25) is 0 Å². The van der Waals surface area contributed by atoms with Crippen LogP contribution in [0.5, 0.6) is 0 Å². The van der Waals surface area contributed by atoms with Crippen molar-refractivity contribution in [1.29, 1.82) is 0 Å². The Morgan fingerprint density at radius 3 is 2.64 bits per heavy atom. The van der Waals surface area contributed by atoms with Crippen LogP contribution < -0.4 is 5.32 Å². The third-order valence-corrected chi connectivity index (χ3v) is 6.35. The highest BCUT2D eigenvalue weighted by atomic mass is 16.5. The van der Waals surface area contributed by atoms with Gasteiger partial charge in [0.1, 0.15) is 0 Å². The molecule has 2 unspecified atom stereocenters. The molecule has 1 aromatic rings. The van der Waals surface area contributed by atoms with Crippen LogP contribution in [0.25, 0.3) is 0 Å². The lowest BCUT2D eigenvalue weighted by atomic mass is 9.87. The summed E-state index contributed by atoms with van der Waals surface area (Å²) in [6.07, 6.45) is 3.46. The van der Waals surface area contributed by atoms with Gasteiger partial charge in [-0.05, 0) is 44.8 Å². The lowest BCUT2D eigenvalue weighted by molar-refractivity contribution is 0.156. The fourth-order valence-corrected chi connectivity index (χ4v) is 4.64. The molecular formula is C23H38N4O. The summed E-state index contributed by atoms with van der Waals surface area (Å²) in [5.41, 5.74) is 1.75. The van der Waals surface area contributed by atoms with Gasteiger partial charge in [0.05, 0.1) is 13.2 Å². The van der Waals surface area contributed by atoms with E-state index in [1.165, 1.54) is 18.4 Å². The quantitative estimate of drug-likeness (QED) is 0.551. The Labute approximate surface area is 171 Å². The van der Waals surface area contributed by atoms with Gasteiger partial charge in [0.25, 0.3) is 0 Å². The first kappa shape index (κ1) is 21.1. The molecule has 28 heavy (non-hydrogen) atoms. The molecule has 2 fully saturated rings. The predicted molar refractivity (Wildman–Crippen MR) is 117 cm³/mol. The maximum atomic E-state index is 5.70. The normalized spacial score (nSPS) is 23.7. The summed E-state index contributed by atoms with van der Waals surface area (Å²) in [6, 6.07) is 11.3. The Balaban J connectivity index is 1.70. The SMILES string of the molecule is CCNC(=NCC(Cc1ccccc1)N(CC)CC)N1CCC2(CCOC2)C1. The lowest BCUT2D eigenvalue weighted by Gasteiger charge is -2.30. The zero-order chi connectivity index (χ0) is 19.8. The van der Waals surface area contributed by atoms with E-state index >= 15 is 0 Å². The van der Waals surface area contributed by atoms with Crippen molar-refractivity contribution in [3.8, 4) is 0 Å². The number of hydrogen-bond acceptors (Lipinski definition) is 3. The molecule has 0 aliphatic carbocycles. The molecule has 156 valence electrons. The first-order chi connectivity index (χ1) is 13.7. The third-order valence-electron chi connectivity index (χ3n) is 6.35. The van der Waals surface area contributed by atoms with Crippen molar-refractivity contribution in [3.05, 3.63) is 35.9 Å². The van der Waals surface area contributed by atoms with E-state index in [1.54, 1.807) is 0 Å². The smallest absolute Gasteiger partial charge is 0.193 e. The van der Waals surface area contributed by atoms with Gasteiger partial charge in [0, 0.05) is 37.7 Å². The second-order valence-electron chi connectivity index (χ2n) is 8.23. The average Bonchev–Trinajstić information content (AvgIpc) is 3.36. The Morgan fingerprint density at radius 1 is 1.21 bits per heavy atom. The summed E-state index contributed by atoms with van der Waals surface area (Å²) < 4.78 is 5.70.